The van der Waals surface area contributed by atoms with Crippen LogP contribution in [0.1, 0.15) is 33.1 Å². The van der Waals surface area contributed by atoms with Crippen molar-refractivity contribution >= 4 is 11.9 Å². The van der Waals surface area contributed by atoms with Gasteiger partial charge in [-0.25, -0.2) is 0 Å². The van der Waals surface area contributed by atoms with Gasteiger partial charge in [0.25, 0.3) is 0 Å². The van der Waals surface area contributed by atoms with Gasteiger partial charge in [-0.2, -0.15) is 0 Å². The third kappa shape index (κ3) is 2.68. The SMILES string of the molecule is CC1(C)CCCC(N)C(=O)N1CC(=O)O. The normalized spacial score (nSPS) is 26.2. The highest BCUT2D eigenvalue weighted by molar-refractivity contribution is 5.86. The number of nitrogens with zero attached hydrogens (tertiary/aromatic N) is 1. The van der Waals surface area contributed by atoms with Crippen molar-refractivity contribution in [3.05, 3.63) is 0 Å². The summed E-state index contributed by atoms with van der Waals surface area (Å²) in [6, 6.07) is -0.550. The number of nitrogens with two attached hydrogens (primary N) is 1. The molecule has 0 aromatic carbocycles. The summed E-state index contributed by atoms with van der Waals surface area (Å²) in [5.74, 6) is -1.24. The van der Waals surface area contributed by atoms with E-state index in [-0.39, 0.29) is 12.5 Å². The third-order valence-corrected chi connectivity index (χ3v) is 2.91. The monoisotopic (exact) mass is 214 g/mol. The predicted octanol–water partition coefficient (Wildman–Crippen LogP) is 0.189. The van der Waals surface area contributed by atoms with Gasteiger partial charge in [0.1, 0.15) is 6.54 Å². The lowest BCUT2D eigenvalue weighted by Gasteiger charge is -2.36. The van der Waals surface area contributed by atoms with Crippen LogP contribution in [0.25, 0.3) is 0 Å². The van der Waals surface area contributed by atoms with Gasteiger partial charge >= 0.3 is 5.97 Å². The molecule has 0 spiro atoms. The molecule has 0 aromatic heterocycles. The molecule has 0 bridgehead atoms. The first kappa shape index (κ1) is 12.0. The summed E-state index contributed by atoms with van der Waals surface area (Å²) in [5, 5.41) is 8.76. The van der Waals surface area contributed by atoms with Crippen LogP contribution in [0.15, 0.2) is 0 Å². The van der Waals surface area contributed by atoms with Crippen LogP contribution in [0.5, 0.6) is 0 Å². The lowest BCUT2D eigenvalue weighted by atomic mass is 9.97. The molecule has 1 unspecified atom stereocenters. The van der Waals surface area contributed by atoms with E-state index in [4.69, 9.17) is 10.8 Å². The van der Waals surface area contributed by atoms with E-state index in [9.17, 15) is 9.59 Å². The van der Waals surface area contributed by atoms with Crippen molar-refractivity contribution in [1.82, 2.24) is 4.90 Å². The summed E-state index contributed by atoms with van der Waals surface area (Å²) in [7, 11) is 0. The molecular formula is C10H18N2O3. The number of rotatable bonds is 2. The van der Waals surface area contributed by atoms with Crippen molar-refractivity contribution in [2.45, 2.75) is 44.7 Å². The van der Waals surface area contributed by atoms with Crippen LogP contribution in [0.3, 0.4) is 0 Å². The standard InChI is InChI=1S/C10H18N2O3/c1-10(2)5-3-4-7(11)9(15)12(10)6-8(13)14/h7H,3-6,11H2,1-2H3,(H,13,14). The molecule has 0 saturated carbocycles. The van der Waals surface area contributed by atoms with Gasteiger partial charge in [-0.1, -0.05) is 0 Å². The highest BCUT2D eigenvalue weighted by Crippen LogP contribution is 2.26. The maximum atomic E-state index is 11.8. The van der Waals surface area contributed by atoms with Gasteiger partial charge in [0.2, 0.25) is 5.91 Å². The largest absolute Gasteiger partial charge is 0.480 e. The average molecular weight is 214 g/mol. The van der Waals surface area contributed by atoms with Gasteiger partial charge < -0.3 is 15.7 Å². The van der Waals surface area contributed by atoms with Gasteiger partial charge in [-0.05, 0) is 33.1 Å². The third-order valence-electron chi connectivity index (χ3n) is 2.91. The molecule has 0 radical (unpaired) electrons. The van der Waals surface area contributed by atoms with Crippen molar-refractivity contribution in [3.63, 3.8) is 0 Å². The fraction of sp³-hybridized carbons (Fsp3) is 0.800. The first-order chi connectivity index (χ1) is 6.84. The molecule has 5 heteroatoms. The molecule has 86 valence electrons. The number of amides is 1. The van der Waals surface area contributed by atoms with Gasteiger partial charge in [-0.3, -0.25) is 9.59 Å². The zero-order chi connectivity index (χ0) is 11.6. The fourth-order valence-electron chi connectivity index (χ4n) is 1.94. The minimum atomic E-state index is -0.995. The number of carbonyl (C=O) groups excluding carboxylic acids is 1. The summed E-state index contributed by atoms with van der Waals surface area (Å²) in [4.78, 5) is 23.9. The van der Waals surface area contributed by atoms with E-state index in [0.29, 0.717) is 6.42 Å². The number of carboxylic acid groups (broad SMARTS) is 1. The Labute approximate surface area is 89.2 Å². The van der Waals surface area contributed by atoms with Crippen molar-refractivity contribution in [2.75, 3.05) is 6.54 Å². The van der Waals surface area contributed by atoms with Crippen molar-refractivity contribution in [2.24, 2.45) is 5.73 Å². The minimum absolute atomic E-state index is 0.250. The van der Waals surface area contributed by atoms with E-state index in [1.165, 1.54) is 4.90 Å². The Bertz CT molecular complexity index is 276. The molecule has 5 nitrogen and oxygen atoms in total. The average Bonchev–Trinajstić information content (AvgIpc) is 2.18. The molecule has 1 amide bonds. The van der Waals surface area contributed by atoms with E-state index in [1.54, 1.807) is 0 Å². The zero-order valence-corrected chi connectivity index (χ0v) is 9.19. The molecule has 15 heavy (non-hydrogen) atoms. The van der Waals surface area contributed by atoms with Crippen LogP contribution >= 0.6 is 0 Å². The Morgan fingerprint density at radius 2 is 2.27 bits per heavy atom. The lowest BCUT2D eigenvalue weighted by molar-refractivity contribution is -0.148. The lowest BCUT2D eigenvalue weighted by Crippen LogP contribution is -2.53. The first-order valence-electron chi connectivity index (χ1n) is 5.13. The summed E-state index contributed by atoms with van der Waals surface area (Å²) in [6.45, 7) is 3.50. The van der Waals surface area contributed by atoms with Crippen LogP contribution < -0.4 is 5.73 Å². The molecule has 1 saturated heterocycles. The Morgan fingerprint density at radius 3 is 2.80 bits per heavy atom. The second kappa shape index (κ2) is 4.18. The second-order valence-electron chi connectivity index (χ2n) is 4.63. The smallest absolute Gasteiger partial charge is 0.323 e. The zero-order valence-electron chi connectivity index (χ0n) is 9.19. The summed E-state index contributed by atoms with van der Waals surface area (Å²) < 4.78 is 0. The van der Waals surface area contributed by atoms with E-state index >= 15 is 0 Å². The molecule has 1 aliphatic rings. The molecule has 1 rings (SSSR count). The molecule has 1 aliphatic heterocycles. The number of carboxylic acids is 1. The van der Waals surface area contributed by atoms with E-state index in [1.807, 2.05) is 13.8 Å². The van der Waals surface area contributed by atoms with Gasteiger partial charge in [-0.15, -0.1) is 0 Å². The predicted molar refractivity (Wildman–Crippen MR) is 55.3 cm³/mol. The Morgan fingerprint density at radius 1 is 1.67 bits per heavy atom. The molecule has 1 atom stereocenters. The first-order valence-corrected chi connectivity index (χ1v) is 5.13. The van der Waals surface area contributed by atoms with Crippen LogP contribution in [-0.4, -0.2) is 40.0 Å². The van der Waals surface area contributed by atoms with Crippen molar-refractivity contribution in [1.29, 1.82) is 0 Å². The summed E-state index contributed by atoms with van der Waals surface area (Å²) >= 11 is 0. The van der Waals surface area contributed by atoms with Crippen molar-refractivity contribution < 1.29 is 14.7 Å². The number of aliphatic carboxylic acids is 1. The number of likely N-dealkylation sites (tertiary alicyclic amines) is 1. The molecule has 1 fully saturated rings. The highest BCUT2D eigenvalue weighted by Gasteiger charge is 2.37. The number of carbonyl (C=O) groups is 2. The summed E-state index contributed by atoms with van der Waals surface area (Å²) in [6.07, 6.45) is 2.29. The van der Waals surface area contributed by atoms with Gasteiger partial charge in [0.05, 0.1) is 6.04 Å². The number of hydrogen-bond acceptors (Lipinski definition) is 3. The Balaban J connectivity index is 2.90. The van der Waals surface area contributed by atoms with Crippen LogP contribution in [-0.2, 0) is 9.59 Å². The molecule has 1 heterocycles. The Hall–Kier alpha value is -1.10. The van der Waals surface area contributed by atoms with Crippen LogP contribution in [0, 0.1) is 0 Å². The fourth-order valence-corrected chi connectivity index (χ4v) is 1.94. The van der Waals surface area contributed by atoms with E-state index in [0.717, 1.165) is 12.8 Å². The Kier molecular flexibility index (Phi) is 3.34. The van der Waals surface area contributed by atoms with Crippen LogP contribution in [0.2, 0.25) is 0 Å². The second-order valence-corrected chi connectivity index (χ2v) is 4.63. The molecule has 3 N–H and O–H groups in total. The molecule has 0 aliphatic carbocycles. The molecular weight excluding hydrogens is 196 g/mol. The van der Waals surface area contributed by atoms with E-state index in [2.05, 4.69) is 0 Å². The minimum Gasteiger partial charge on any atom is -0.480 e. The number of hydrogen-bond donors (Lipinski definition) is 2. The summed E-state index contributed by atoms with van der Waals surface area (Å²) in [5.41, 5.74) is 5.27. The topological polar surface area (TPSA) is 83.6 Å². The maximum Gasteiger partial charge on any atom is 0.323 e. The quantitative estimate of drug-likeness (QED) is 0.687. The molecule has 0 aromatic rings. The van der Waals surface area contributed by atoms with Gasteiger partial charge in [0, 0.05) is 5.54 Å². The van der Waals surface area contributed by atoms with Crippen molar-refractivity contribution in [3.8, 4) is 0 Å². The van der Waals surface area contributed by atoms with Gasteiger partial charge in [0.15, 0.2) is 0 Å². The van der Waals surface area contributed by atoms with Crippen LogP contribution in [0.4, 0.5) is 0 Å². The maximum absolute atomic E-state index is 11.8. The van der Waals surface area contributed by atoms with E-state index < -0.39 is 17.6 Å². The highest BCUT2D eigenvalue weighted by atomic mass is 16.4.